The van der Waals surface area contributed by atoms with Gasteiger partial charge in [-0.25, -0.2) is 4.79 Å². The van der Waals surface area contributed by atoms with Crippen molar-refractivity contribution >= 4 is 51.4 Å². The summed E-state index contributed by atoms with van der Waals surface area (Å²) in [5.41, 5.74) is 1.80. The van der Waals surface area contributed by atoms with Gasteiger partial charge in [0.25, 0.3) is 0 Å². The fraction of sp³-hybridized carbons (Fsp3) is 0.111. The minimum Gasteiger partial charge on any atom is -0.508 e. The van der Waals surface area contributed by atoms with Crippen LogP contribution in [0.4, 0.5) is 11.4 Å². The zero-order valence-corrected chi connectivity index (χ0v) is 14.7. The molecule has 1 aromatic heterocycles. The molecule has 3 rings (SSSR count). The van der Waals surface area contributed by atoms with Crippen molar-refractivity contribution in [1.29, 1.82) is 0 Å². The summed E-state index contributed by atoms with van der Waals surface area (Å²) in [7, 11) is 0. The van der Waals surface area contributed by atoms with Gasteiger partial charge in [-0.1, -0.05) is 29.3 Å². The van der Waals surface area contributed by atoms with Crippen molar-refractivity contribution in [3.05, 3.63) is 58.2 Å². The number of phenolic OH excluding ortho intramolecular Hbond substituents is 1. The van der Waals surface area contributed by atoms with Crippen molar-refractivity contribution < 1.29 is 14.6 Å². The second kappa shape index (κ2) is 7.17. The number of fused-ring (bicyclic) bond motifs is 1. The number of phenols is 1. The van der Waals surface area contributed by atoms with Crippen LogP contribution in [0.5, 0.6) is 5.75 Å². The second-order valence-electron chi connectivity index (χ2n) is 5.20. The van der Waals surface area contributed by atoms with Gasteiger partial charge in [0.1, 0.15) is 11.3 Å². The fourth-order valence-corrected chi connectivity index (χ4v) is 2.80. The van der Waals surface area contributed by atoms with E-state index in [4.69, 9.17) is 27.9 Å². The Morgan fingerprint density at radius 1 is 1.28 bits per heavy atom. The number of anilines is 2. The van der Waals surface area contributed by atoms with Crippen LogP contribution in [-0.4, -0.2) is 22.7 Å². The van der Waals surface area contributed by atoms with Gasteiger partial charge in [-0.2, -0.15) is 0 Å². The summed E-state index contributed by atoms with van der Waals surface area (Å²) in [6.07, 6.45) is 1.40. The van der Waals surface area contributed by atoms with Gasteiger partial charge in [-0.05, 0) is 31.2 Å². The molecule has 25 heavy (non-hydrogen) atoms. The average Bonchev–Trinajstić information content (AvgIpc) is 2.58. The van der Waals surface area contributed by atoms with E-state index in [-0.39, 0.29) is 17.9 Å². The lowest BCUT2D eigenvalue weighted by atomic mass is 10.1. The van der Waals surface area contributed by atoms with Crippen LogP contribution < -0.4 is 5.32 Å². The van der Waals surface area contributed by atoms with Crippen molar-refractivity contribution in [1.82, 2.24) is 4.98 Å². The Morgan fingerprint density at radius 3 is 2.80 bits per heavy atom. The highest BCUT2D eigenvalue weighted by molar-refractivity contribution is 6.45. The number of halogens is 2. The number of carbonyl (C=O) groups is 1. The molecule has 0 aliphatic heterocycles. The number of nitrogens with one attached hydrogen (secondary N) is 1. The number of pyridine rings is 1. The van der Waals surface area contributed by atoms with E-state index in [2.05, 4.69) is 10.3 Å². The first-order chi connectivity index (χ1) is 12.0. The molecule has 0 fully saturated rings. The highest BCUT2D eigenvalue weighted by Gasteiger charge is 2.19. The molecule has 0 amide bonds. The van der Waals surface area contributed by atoms with E-state index in [0.29, 0.717) is 32.3 Å². The van der Waals surface area contributed by atoms with Crippen LogP contribution in [0.2, 0.25) is 10.0 Å². The number of ether oxygens (including phenoxy) is 1. The van der Waals surface area contributed by atoms with Crippen LogP contribution >= 0.6 is 23.2 Å². The molecule has 1 heterocycles. The Hall–Kier alpha value is -2.50. The lowest BCUT2D eigenvalue weighted by Crippen LogP contribution is -2.09. The highest BCUT2D eigenvalue weighted by Crippen LogP contribution is 2.36. The van der Waals surface area contributed by atoms with Gasteiger partial charge < -0.3 is 15.2 Å². The summed E-state index contributed by atoms with van der Waals surface area (Å²) in [5, 5.41) is 14.1. The van der Waals surface area contributed by atoms with Crippen molar-refractivity contribution in [2.24, 2.45) is 0 Å². The summed E-state index contributed by atoms with van der Waals surface area (Å²) < 4.78 is 5.11. The van der Waals surface area contributed by atoms with Gasteiger partial charge in [-0.15, -0.1) is 0 Å². The first-order valence-electron chi connectivity index (χ1n) is 7.51. The second-order valence-corrected chi connectivity index (χ2v) is 5.99. The third-order valence-corrected chi connectivity index (χ3v) is 4.34. The summed E-state index contributed by atoms with van der Waals surface area (Å²) in [5.74, 6) is -0.409. The van der Waals surface area contributed by atoms with E-state index in [1.165, 1.54) is 6.20 Å². The Morgan fingerprint density at radius 2 is 2.08 bits per heavy atom. The van der Waals surface area contributed by atoms with Gasteiger partial charge >= 0.3 is 5.97 Å². The van der Waals surface area contributed by atoms with Crippen LogP contribution in [0.15, 0.2) is 42.6 Å². The number of nitrogens with zero attached hydrogens (tertiary/aromatic N) is 1. The van der Waals surface area contributed by atoms with Gasteiger partial charge in [0.2, 0.25) is 0 Å². The van der Waals surface area contributed by atoms with E-state index in [1.54, 1.807) is 43.3 Å². The van der Waals surface area contributed by atoms with Crippen molar-refractivity contribution in [2.45, 2.75) is 6.92 Å². The number of benzene rings is 2. The number of hydrogen-bond donors (Lipinski definition) is 2. The van der Waals surface area contributed by atoms with Crippen molar-refractivity contribution in [2.75, 3.05) is 11.9 Å². The number of esters is 1. The van der Waals surface area contributed by atoms with Gasteiger partial charge in [0.15, 0.2) is 0 Å². The van der Waals surface area contributed by atoms with Crippen LogP contribution in [0.3, 0.4) is 0 Å². The predicted molar refractivity (Wildman–Crippen MR) is 99.1 cm³/mol. The maximum absolute atomic E-state index is 12.3. The topological polar surface area (TPSA) is 71.5 Å². The Kier molecular flexibility index (Phi) is 4.97. The number of rotatable bonds is 4. The average molecular weight is 377 g/mol. The monoisotopic (exact) mass is 376 g/mol. The van der Waals surface area contributed by atoms with Gasteiger partial charge in [-0.3, -0.25) is 4.98 Å². The van der Waals surface area contributed by atoms with Crippen LogP contribution in [0.25, 0.3) is 10.9 Å². The fourth-order valence-electron chi connectivity index (χ4n) is 2.43. The molecule has 3 aromatic rings. The third-order valence-electron chi connectivity index (χ3n) is 3.54. The molecule has 7 heteroatoms. The SMILES string of the molecule is CCOC(=O)c1cnc2c(Cl)c(Cl)ccc2c1Nc1cccc(O)c1. The van der Waals surface area contributed by atoms with E-state index < -0.39 is 5.97 Å². The molecule has 0 bridgehead atoms. The minimum absolute atomic E-state index is 0.0992. The number of aromatic nitrogens is 1. The lowest BCUT2D eigenvalue weighted by Gasteiger charge is -2.15. The maximum Gasteiger partial charge on any atom is 0.341 e. The standard InChI is InChI=1S/C18H14Cl2N2O3/c1-2-25-18(24)13-9-21-17-12(6-7-14(19)15(17)20)16(13)22-10-4-3-5-11(23)8-10/h3-9,23H,2H2,1H3,(H,21,22). The smallest absolute Gasteiger partial charge is 0.341 e. The number of hydrogen-bond acceptors (Lipinski definition) is 5. The molecule has 5 nitrogen and oxygen atoms in total. The largest absolute Gasteiger partial charge is 0.508 e. The number of aromatic hydroxyl groups is 1. The van der Waals surface area contributed by atoms with Crippen LogP contribution in [-0.2, 0) is 4.74 Å². The summed E-state index contributed by atoms with van der Waals surface area (Å²) in [6, 6.07) is 9.91. The molecule has 0 saturated heterocycles. The van der Waals surface area contributed by atoms with E-state index in [1.807, 2.05) is 0 Å². The van der Waals surface area contributed by atoms with Crippen LogP contribution in [0.1, 0.15) is 17.3 Å². The molecule has 2 N–H and O–H groups in total. The number of carbonyl (C=O) groups excluding carboxylic acids is 1. The Bertz CT molecular complexity index is 960. The Labute approximate surface area is 154 Å². The predicted octanol–water partition coefficient (Wildman–Crippen LogP) is 5.17. The normalized spacial score (nSPS) is 10.7. The zero-order valence-electron chi connectivity index (χ0n) is 13.2. The van der Waals surface area contributed by atoms with Crippen molar-refractivity contribution in [3.63, 3.8) is 0 Å². The molecule has 128 valence electrons. The summed E-state index contributed by atoms with van der Waals surface area (Å²) >= 11 is 12.3. The van der Waals surface area contributed by atoms with E-state index >= 15 is 0 Å². The molecule has 0 atom stereocenters. The molecule has 2 aromatic carbocycles. The first-order valence-corrected chi connectivity index (χ1v) is 8.26. The summed E-state index contributed by atoms with van der Waals surface area (Å²) in [6.45, 7) is 1.97. The van der Waals surface area contributed by atoms with E-state index in [9.17, 15) is 9.90 Å². The molecule has 0 radical (unpaired) electrons. The zero-order chi connectivity index (χ0) is 18.0. The van der Waals surface area contributed by atoms with Crippen molar-refractivity contribution in [3.8, 4) is 5.75 Å². The van der Waals surface area contributed by atoms with Gasteiger partial charge in [0.05, 0.1) is 27.9 Å². The molecule has 0 unspecified atom stereocenters. The molecule has 0 aliphatic rings. The quantitative estimate of drug-likeness (QED) is 0.614. The molecular weight excluding hydrogens is 363 g/mol. The molecule has 0 aliphatic carbocycles. The third kappa shape index (κ3) is 3.48. The molecule has 0 saturated carbocycles. The molecular formula is C18H14Cl2N2O3. The summed E-state index contributed by atoms with van der Waals surface area (Å²) in [4.78, 5) is 16.6. The Balaban J connectivity index is 2.21. The van der Waals surface area contributed by atoms with Gasteiger partial charge in [0, 0.05) is 23.3 Å². The maximum atomic E-state index is 12.3. The lowest BCUT2D eigenvalue weighted by molar-refractivity contribution is 0.0527. The molecule has 0 spiro atoms. The van der Waals surface area contributed by atoms with E-state index in [0.717, 1.165) is 0 Å². The highest BCUT2D eigenvalue weighted by atomic mass is 35.5. The first kappa shape index (κ1) is 17.3. The van der Waals surface area contributed by atoms with Crippen LogP contribution in [0, 0.1) is 0 Å². The minimum atomic E-state index is -0.509.